The molecule has 0 unspecified atom stereocenters. The lowest BCUT2D eigenvalue weighted by Crippen LogP contribution is -2.50. The van der Waals surface area contributed by atoms with Crippen LogP contribution in [0.25, 0.3) is 10.9 Å². The van der Waals surface area contributed by atoms with Crippen LogP contribution in [0.15, 0.2) is 54.7 Å². The molecule has 1 aromatic heterocycles. The number of nitrogens with zero attached hydrogens (tertiary/aromatic N) is 2. The molecule has 204 valence electrons. The summed E-state index contributed by atoms with van der Waals surface area (Å²) in [5.41, 5.74) is 8.72. The molecule has 7 nitrogen and oxygen atoms in total. The Labute approximate surface area is 229 Å². The van der Waals surface area contributed by atoms with Crippen molar-refractivity contribution in [1.29, 1.82) is 0 Å². The number of esters is 1. The van der Waals surface area contributed by atoms with E-state index in [1.165, 1.54) is 24.0 Å². The first-order valence-corrected chi connectivity index (χ1v) is 14.4. The van der Waals surface area contributed by atoms with Crippen molar-refractivity contribution >= 4 is 22.8 Å². The van der Waals surface area contributed by atoms with Crippen LogP contribution in [-0.4, -0.2) is 53.6 Å². The number of primary amides is 1. The van der Waals surface area contributed by atoms with Crippen molar-refractivity contribution in [2.75, 3.05) is 26.2 Å². The zero-order chi connectivity index (χ0) is 26.8. The highest BCUT2D eigenvalue weighted by atomic mass is 16.6. The van der Waals surface area contributed by atoms with Gasteiger partial charge in [-0.3, -0.25) is 9.78 Å². The standard InChI is InChI=1S/C32H37N3O4/c33-31(37)32(39-30(36)25-6-7-28-24(21-25)3-2-16-34-28)14-8-22(9-15-32)10-17-35-18-11-23(12-19-35)26-4-1-5-29-27(26)13-20-38-29/h1-7,16,21-23H,8-15,17-20H2,(H2,33,37). The summed E-state index contributed by atoms with van der Waals surface area (Å²) in [6.45, 7) is 4.11. The molecular weight excluding hydrogens is 490 g/mol. The summed E-state index contributed by atoms with van der Waals surface area (Å²) in [6, 6.07) is 15.5. The van der Waals surface area contributed by atoms with Crippen molar-refractivity contribution in [3.8, 4) is 5.75 Å². The maximum Gasteiger partial charge on any atom is 0.339 e. The van der Waals surface area contributed by atoms with Gasteiger partial charge in [0, 0.05) is 23.6 Å². The molecule has 1 aliphatic carbocycles. The molecule has 2 aliphatic heterocycles. The van der Waals surface area contributed by atoms with Crippen molar-refractivity contribution in [2.45, 2.75) is 62.9 Å². The molecule has 0 radical (unpaired) electrons. The fourth-order valence-electron chi connectivity index (χ4n) is 6.73. The Hall–Kier alpha value is -3.45. The molecule has 2 aromatic carbocycles. The second-order valence-corrected chi connectivity index (χ2v) is 11.4. The van der Waals surface area contributed by atoms with Crippen LogP contribution in [0.3, 0.4) is 0 Å². The largest absolute Gasteiger partial charge is 0.493 e. The molecule has 0 spiro atoms. The van der Waals surface area contributed by atoms with Crippen LogP contribution in [0, 0.1) is 5.92 Å². The molecule has 1 amide bonds. The van der Waals surface area contributed by atoms with Gasteiger partial charge >= 0.3 is 5.97 Å². The number of pyridine rings is 1. The lowest BCUT2D eigenvalue weighted by Gasteiger charge is -2.38. The third-order valence-corrected chi connectivity index (χ3v) is 9.15. The summed E-state index contributed by atoms with van der Waals surface area (Å²) >= 11 is 0. The molecule has 3 aromatic rings. The zero-order valence-electron chi connectivity index (χ0n) is 22.4. The van der Waals surface area contributed by atoms with Crippen LogP contribution in [0.5, 0.6) is 5.75 Å². The number of fused-ring (bicyclic) bond motifs is 2. The van der Waals surface area contributed by atoms with Gasteiger partial charge in [0.2, 0.25) is 0 Å². The SMILES string of the molecule is NC(=O)C1(OC(=O)c2ccc3ncccc3c2)CCC(CCN2CCC(c3cccc4c3CCO4)CC2)CC1. The summed E-state index contributed by atoms with van der Waals surface area (Å²) in [5.74, 6) is 1.17. The Morgan fingerprint density at radius 3 is 2.67 bits per heavy atom. The van der Waals surface area contributed by atoms with E-state index in [0.29, 0.717) is 30.2 Å². The van der Waals surface area contributed by atoms with Gasteiger partial charge in [0.1, 0.15) is 5.75 Å². The van der Waals surface area contributed by atoms with Gasteiger partial charge in [0.25, 0.3) is 5.91 Å². The highest BCUT2D eigenvalue weighted by molar-refractivity contribution is 5.96. The monoisotopic (exact) mass is 527 g/mol. The Bertz CT molecular complexity index is 1360. The molecular formula is C32H37N3O4. The van der Waals surface area contributed by atoms with Crippen LogP contribution < -0.4 is 10.5 Å². The Morgan fingerprint density at radius 1 is 1.05 bits per heavy atom. The molecule has 1 saturated heterocycles. The Balaban J connectivity index is 0.996. The van der Waals surface area contributed by atoms with Crippen molar-refractivity contribution in [3.05, 3.63) is 71.4 Å². The molecule has 7 heteroatoms. The minimum atomic E-state index is -1.23. The summed E-state index contributed by atoms with van der Waals surface area (Å²) in [6.07, 6.45) is 8.87. The summed E-state index contributed by atoms with van der Waals surface area (Å²) in [7, 11) is 0. The van der Waals surface area contributed by atoms with Crippen molar-refractivity contribution in [1.82, 2.24) is 9.88 Å². The number of carbonyl (C=O) groups is 2. The predicted molar refractivity (Wildman–Crippen MR) is 150 cm³/mol. The zero-order valence-corrected chi connectivity index (χ0v) is 22.4. The molecule has 3 aliphatic rings. The molecule has 2 N–H and O–H groups in total. The molecule has 1 saturated carbocycles. The quantitative estimate of drug-likeness (QED) is 0.434. The van der Waals surface area contributed by atoms with Gasteiger partial charge in [-0.15, -0.1) is 0 Å². The highest BCUT2D eigenvalue weighted by Crippen LogP contribution is 2.39. The number of nitrogens with two attached hydrogens (primary N) is 1. The van der Waals surface area contributed by atoms with E-state index in [1.54, 1.807) is 24.4 Å². The van der Waals surface area contributed by atoms with E-state index in [1.807, 2.05) is 12.1 Å². The average molecular weight is 528 g/mol. The van der Waals surface area contributed by atoms with Crippen molar-refractivity contribution < 1.29 is 19.1 Å². The molecule has 3 heterocycles. The summed E-state index contributed by atoms with van der Waals surface area (Å²) in [5, 5.41) is 0.856. The summed E-state index contributed by atoms with van der Waals surface area (Å²) in [4.78, 5) is 32.4. The number of benzene rings is 2. The number of aromatic nitrogens is 1. The highest BCUT2D eigenvalue weighted by Gasteiger charge is 2.44. The third kappa shape index (κ3) is 5.37. The Morgan fingerprint density at radius 2 is 1.87 bits per heavy atom. The third-order valence-electron chi connectivity index (χ3n) is 9.15. The molecule has 39 heavy (non-hydrogen) atoms. The van der Waals surface area contributed by atoms with E-state index in [2.05, 4.69) is 28.1 Å². The predicted octanol–water partition coefficient (Wildman–Crippen LogP) is 5.01. The van der Waals surface area contributed by atoms with Crippen LogP contribution in [-0.2, 0) is 16.0 Å². The van der Waals surface area contributed by atoms with Crippen LogP contribution in [0.4, 0.5) is 0 Å². The number of piperidine rings is 1. The number of carbonyl (C=O) groups excluding carboxylic acids is 2. The van der Waals surface area contributed by atoms with Crippen LogP contribution in [0.1, 0.15) is 72.3 Å². The number of hydrogen-bond donors (Lipinski definition) is 1. The Kier molecular flexibility index (Phi) is 7.26. The number of likely N-dealkylation sites (tertiary alicyclic amines) is 1. The minimum Gasteiger partial charge on any atom is -0.493 e. The van der Waals surface area contributed by atoms with Crippen molar-refractivity contribution in [3.63, 3.8) is 0 Å². The molecule has 0 bridgehead atoms. The maximum absolute atomic E-state index is 13.0. The van der Waals surface area contributed by atoms with Gasteiger partial charge in [-0.25, -0.2) is 4.79 Å². The van der Waals surface area contributed by atoms with Gasteiger partial charge in [-0.1, -0.05) is 18.2 Å². The van der Waals surface area contributed by atoms with E-state index in [0.717, 1.165) is 68.6 Å². The fraction of sp³-hybridized carbons (Fsp3) is 0.469. The number of ether oxygens (including phenoxy) is 2. The first-order chi connectivity index (χ1) is 19.0. The molecule has 0 atom stereocenters. The van der Waals surface area contributed by atoms with E-state index < -0.39 is 17.5 Å². The topological polar surface area (TPSA) is 94.8 Å². The van der Waals surface area contributed by atoms with Gasteiger partial charge in [-0.05, 0) is 112 Å². The second kappa shape index (κ2) is 11.0. The van der Waals surface area contributed by atoms with E-state index >= 15 is 0 Å². The van der Waals surface area contributed by atoms with E-state index in [9.17, 15) is 9.59 Å². The maximum atomic E-state index is 13.0. The average Bonchev–Trinajstić information content (AvgIpc) is 3.46. The first kappa shape index (κ1) is 25.8. The smallest absolute Gasteiger partial charge is 0.339 e. The lowest BCUT2D eigenvalue weighted by atomic mass is 9.76. The summed E-state index contributed by atoms with van der Waals surface area (Å²) < 4.78 is 11.6. The van der Waals surface area contributed by atoms with E-state index in [-0.39, 0.29) is 0 Å². The lowest BCUT2D eigenvalue weighted by molar-refractivity contribution is -0.142. The first-order valence-electron chi connectivity index (χ1n) is 14.4. The second-order valence-electron chi connectivity index (χ2n) is 11.4. The molecule has 6 rings (SSSR count). The molecule has 2 fully saturated rings. The van der Waals surface area contributed by atoms with Gasteiger partial charge in [0.05, 0.1) is 17.7 Å². The van der Waals surface area contributed by atoms with Crippen molar-refractivity contribution in [2.24, 2.45) is 11.7 Å². The normalized spacial score (nSPS) is 23.7. The van der Waals surface area contributed by atoms with Gasteiger partial charge in [0.15, 0.2) is 5.60 Å². The number of rotatable bonds is 7. The van der Waals surface area contributed by atoms with Gasteiger partial charge < -0.3 is 20.1 Å². The van der Waals surface area contributed by atoms with Crippen LogP contribution in [0.2, 0.25) is 0 Å². The van der Waals surface area contributed by atoms with Crippen LogP contribution >= 0.6 is 0 Å². The number of amides is 1. The number of hydrogen-bond acceptors (Lipinski definition) is 6. The van der Waals surface area contributed by atoms with Gasteiger partial charge in [-0.2, -0.15) is 0 Å². The fourth-order valence-corrected chi connectivity index (χ4v) is 6.73. The minimum absolute atomic E-state index is 0.412. The van der Waals surface area contributed by atoms with E-state index in [4.69, 9.17) is 15.2 Å².